The number of carbonyl (C=O) groups is 1. The molecule has 8 heteroatoms. The Bertz CT molecular complexity index is 1220. The van der Waals surface area contributed by atoms with Gasteiger partial charge in [0.25, 0.3) is 11.5 Å². The monoisotopic (exact) mass is 394 g/mol. The third-order valence-electron chi connectivity index (χ3n) is 4.41. The van der Waals surface area contributed by atoms with Crippen LogP contribution in [0.1, 0.15) is 18.9 Å². The molecule has 4 aromatic rings. The lowest BCUT2D eigenvalue weighted by Crippen LogP contribution is -2.47. The standard InChI is InChI=1S/C20H18N4O3S/c1-12-21-15-11-13(6-8-17(15)28-12)22-19(26)20(2,3)24-18(25)9-7-14(23-24)16-5-4-10-27-16/h4-11H,1-3H3,(H,22,26). The van der Waals surface area contributed by atoms with E-state index in [1.807, 2.05) is 25.1 Å². The maximum absolute atomic E-state index is 13.0. The number of rotatable bonds is 4. The second-order valence-electron chi connectivity index (χ2n) is 6.87. The van der Waals surface area contributed by atoms with Crippen molar-refractivity contribution in [2.24, 2.45) is 0 Å². The topological polar surface area (TPSA) is 90.0 Å². The predicted octanol–water partition coefficient (Wildman–Crippen LogP) is 3.80. The molecular weight excluding hydrogens is 376 g/mol. The number of furan rings is 1. The minimum Gasteiger partial charge on any atom is -0.463 e. The summed E-state index contributed by atoms with van der Waals surface area (Å²) < 4.78 is 7.57. The Kier molecular flexibility index (Phi) is 4.35. The first-order chi connectivity index (χ1) is 13.3. The quantitative estimate of drug-likeness (QED) is 0.569. The zero-order chi connectivity index (χ0) is 19.9. The van der Waals surface area contributed by atoms with Crippen LogP contribution in [-0.4, -0.2) is 20.7 Å². The average Bonchev–Trinajstić information content (AvgIpc) is 3.30. The van der Waals surface area contributed by atoms with Crippen molar-refractivity contribution in [1.82, 2.24) is 14.8 Å². The normalized spacial score (nSPS) is 11.7. The second-order valence-corrected chi connectivity index (χ2v) is 8.11. The first-order valence-corrected chi connectivity index (χ1v) is 9.49. The molecule has 0 atom stereocenters. The molecule has 1 aromatic carbocycles. The largest absolute Gasteiger partial charge is 0.463 e. The third kappa shape index (κ3) is 3.22. The van der Waals surface area contributed by atoms with Crippen LogP contribution in [0.2, 0.25) is 0 Å². The van der Waals surface area contributed by atoms with Gasteiger partial charge in [0, 0.05) is 11.8 Å². The molecule has 0 spiro atoms. The second kappa shape index (κ2) is 6.72. The van der Waals surface area contributed by atoms with Gasteiger partial charge >= 0.3 is 0 Å². The number of hydrogen-bond acceptors (Lipinski definition) is 6. The van der Waals surface area contributed by atoms with E-state index in [1.165, 1.54) is 17.0 Å². The third-order valence-corrected chi connectivity index (χ3v) is 5.36. The van der Waals surface area contributed by atoms with Crippen LogP contribution >= 0.6 is 11.3 Å². The number of aryl methyl sites for hydroxylation is 1. The van der Waals surface area contributed by atoms with Gasteiger partial charge in [0.1, 0.15) is 11.2 Å². The van der Waals surface area contributed by atoms with E-state index in [0.29, 0.717) is 17.1 Å². The highest BCUT2D eigenvalue weighted by atomic mass is 32.1. The smallest absolute Gasteiger partial charge is 0.267 e. The molecule has 0 unspecified atom stereocenters. The molecular formula is C20H18N4O3S. The van der Waals surface area contributed by atoms with Crippen LogP contribution in [0.15, 0.2) is 57.9 Å². The number of benzene rings is 1. The summed E-state index contributed by atoms with van der Waals surface area (Å²) in [5.74, 6) is 0.166. The summed E-state index contributed by atoms with van der Waals surface area (Å²) in [6.07, 6.45) is 1.53. The maximum atomic E-state index is 13.0. The summed E-state index contributed by atoms with van der Waals surface area (Å²) in [4.78, 5) is 29.8. The zero-order valence-electron chi connectivity index (χ0n) is 15.6. The SMILES string of the molecule is Cc1nc2cc(NC(=O)C(C)(C)n3nc(-c4ccco4)ccc3=O)ccc2s1. The van der Waals surface area contributed by atoms with E-state index >= 15 is 0 Å². The molecule has 3 aromatic heterocycles. The highest BCUT2D eigenvalue weighted by Crippen LogP contribution is 2.25. The molecule has 0 saturated carbocycles. The lowest BCUT2D eigenvalue weighted by Gasteiger charge is -2.25. The van der Waals surface area contributed by atoms with Crippen LogP contribution in [0.5, 0.6) is 0 Å². The number of thiazole rings is 1. The van der Waals surface area contributed by atoms with Gasteiger partial charge in [-0.1, -0.05) is 0 Å². The number of aromatic nitrogens is 3. The molecule has 0 aliphatic heterocycles. The van der Waals surface area contributed by atoms with Crippen LogP contribution in [0, 0.1) is 6.92 Å². The van der Waals surface area contributed by atoms with E-state index in [9.17, 15) is 9.59 Å². The van der Waals surface area contributed by atoms with Crippen molar-refractivity contribution in [2.45, 2.75) is 26.3 Å². The molecule has 1 N–H and O–H groups in total. The van der Waals surface area contributed by atoms with Gasteiger partial charge in [0.15, 0.2) is 5.76 Å². The summed E-state index contributed by atoms with van der Waals surface area (Å²) in [6.45, 7) is 5.23. The Labute approximate surface area is 164 Å². The van der Waals surface area contributed by atoms with Gasteiger partial charge < -0.3 is 9.73 Å². The fraction of sp³-hybridized carbons (Fsp3) is 0.200. The van der Waals surface area contributed by atoms with Crippen LogP contribution in [0.4, 0.5) is 5.69 Å². The minimum absolute atomic E-state index is 0.356. The van der Waals surface area contributed by atoms with E-state index in [1.54, 1.807) is 43.4 Å². The highest BCUT2D eigenvalue weighted by molar-refractivity contribution is 7.18. The van der Waals surface area contributed by atoms with Crippen LogP contribution < -0.4 is 10.9 Å². The molecule has 1 amide bonds. The molecule has 142 valence electrons. The number of hydrogen-bond donors (Lipinski definition) is 1. The number of nitrogens with one attached hydrogen (secondary N) is 1. The summed E-state index contributed by atoms with van der Waals surface area (Å²) >= 11 is 1.60. The van der Waals surface area contributed by atoms with Gasteiger partial charge in [-0.15, -0.1) is 11.3 Å². The molecule has 4 rings (SSSR count). The summed E-state index contributed by atoms with van der Waals surface area (Å²) in [5.41, 5.74) is 0.331. The van der Waals surface area contributed by atoms with Crippen molar-refractivity contribution in [3.8, 4) is 11.5 Å². The van der Waals surface area contributed by atoms with Gasteiger partial charge in [0.2, 0.25) is 0 Å². The van der Waals surface area contributed by atoms with E-state index in [-0.39, 0.29) is 11.5 Å². The fourth-order valence-corrected chi connectivity index (χ4v) is 3.68. The van der Waals surface area contributed by atoms with Crippen molar-refractivity contribution in [3.05, 3.63) is 64.1 Å². The number of carbonyl (C=O) groups excluding carboxylic acids is 1. The molecule has 7 nitrogen and oxygen atoms in total. The summed E-state index contributed by atoms with van der Waals surface area (Å²) in [5, 5.41) is 8.17. The Morgan fingerprint density at radius 1 is 1.21 bits per heavy atom. The van der Waals surface area contributed by atoms with Gasteiger partial charge in [-0.25, -0.2) is 9.67 Å². The molecule has 0 saturated heterocycles. The van der Waals surface area contributed by atoms with Crippen LogP contribution in [0.25, 0.3) is 21.7 Å². The van der Waals surface area contributed by atoms with Crippen molar-refractivity contribution in [2.75, 3.05) is 5.32 Å². The number of fused-ring (bicyclic) bond motifs is 1. The van der Waals surface area contributed by atoms with Gasteiger partial charge in [-0.2, -0.15) is 5.10 Å². The molecule has 0 aliphatic rings. The molecule has 0 radical (unpaired) electrons. The highest BCUT2D eigenvalue weighted by Gasteiger charge is 2.32. The first kappa shape index (κ1) is 18.1. The summed E-state index contributed by atoms with van der Waals surface area (Å²) in [7, 11) is 0. The van der Waals surface area contributed by atoms with E-state index in [2.05, 4.69) is 15.4 Å². The molecule has 3 heterocycles. The predicted molar refractivity (Wildman–Crippen MR) is 109 cm³/mol. The van der Waals surface area contributed by atoms with E-state index in [4.69, 9.17) is 4.42 Å². The Morgan fingerprint density at radius 2 is 2.04 bits per heavy atom. The molecule has 0 fully saturated rings. The van der Waals surface area contributed by atoms with E-state index in [0.717, 1.165) is 15.2 Å². The lowest BCUT2D eigenvalue weighted by molar-refractivity contribution is -0.123. The van der Waals surface area contributed by atoms with Crippen LogP contribution in [-0.2, 0) is 10.3 Å². The van der Waals surface area contributed by atoms with Gasteiger partial charge in [-0.05, 0) is 57.2 Å². The average molecular weight is 394 g/mol. The van der Waals surface area contributed by atoms with Crippen molar-refractivity contribution >= 4 is 33.1 Å². The van der Waals surface area contributed by atoms with Crippen molar-refractivity contribution in [1.29, 1.82) is 0 Å². The Balaban J connectivity index is 1.65. The van der Waals surface area contributed by atoms with Crippen LogP contribution in [0.3, 0.4) is 0 Å². The zero-order valence-corrected chi connectivity index (χ0v) is 16.4. The summed E-state index contributed by atoms with van der Waals surface area (Å²) in [6, 6.07) is 12.0. The first-order valence-electron chi connectivity index (χ1n) is 8.68. The molecule has 0 bridgehead atoms. The van der Waals surface area contributed by atoms with Crippen molar-refractivity contribution in [3.63, 3.8) is 0 Å². The Morgan fingerprint density at radius 3 is 2.79 bits per heavy atom. The number of nitrogens with zero attached hydrogens (tertiary/aromatic N) is 3. The lowest BCUT2D eigenvalue weighted by atomic mass is 10.0. The van der Waals surface area contributed by atoms with Gasteiger partial charge in [0.05, 0.1) is 21.5 Å². The van der Waals surface area contributed by atoms with Crippen molar-refractivity contribution < 1.29 is 9.21 Å². The molecule has 28 heavy (non-hydrogen) atoms. The number of anilines is 1. The fourth-order valence-electron chi connectivity index (χ4n) is 2.87. The molecule has 0 aliphatic carbocycles. The number of amides is 1. The maximum Gasteiger partial charge on any atom is 0.267 e. The van der Waals surface area contributed by atoms with Gasteiger partial charge in [-0.3, -0.25) is 9.59 Å². The van der Waals surface area contributed by atoms with E-state index < -0.39 is 5.54 Å². The Hall–Kier alpha value is -3.26. The minimum atomic E-state index is -1.22.